The molecule has 3 rings (SSSR count). The highest BCUT2D eigenvalue weighted by Crippen LogP contribution is 2.28. The lowest BCUT2D eigenvalue weighted by molar-refractivity contribution is -0.0498. The number of hydrogen-bond donors (Lipinski definition) is 1. The zero-order valence-electron chi connectivity index (χ0n) is 13.3. The number of ether oxygens (including phenoxy) is 1. The first-order chi connectivity index (χ1) is 12.2. The number of benzene rings is 2. The number of rotatable bonds is 5. The van der Waals surface area contributed by atoms with Gasteiger partial charge in [-0.25, -0.2) is 13.4 Å². The number of sulfone groups is 1. The van der Waals surface area contributed by atoms with E-state index in [-0.39, 0.29) is 16.2 Å². The molecule has 136 valence electrons. The van der Waals surface area contributed by atoms with Gasteiger partial charge in [-0.1, -0.05) is 11.3 Å². The van der Waals surface area contributed by atoms with Gasteiger partial charge in [-0.05, 0) is 42.5 Å². The lowest BCUT2D eigenvalue weighted by Crippen LogP contribution is -2.11. The van der Waals surface area contributed by atoms with Crippen molar-refractivity contribution in [1.82, 2.24) is 4.98 Å². The van der Waals surface area contributed by atoms with E-state index in [0.717, 1.165) is 17.6 Å². The number of thiazole rings is 1. The highest BCUT2D eigenvalue weighted by molar-refractivity contribution is 7.90. The Kier molecular flexibility index (Phi) is 4.88. The van der Waals surface area contributed by atoms with Crippen LogP contribution < -0.4 is 10.1 Å². The average molecular weight is 398 g/mol. The first-order valence-corrected chi connectivity index (χ1v) is 9.90. The van der Waals surface area contributed by atoms with Gasteiger partial charge in [0.15, 0.2) is 15.0 Å². The van der Waals surface area contributed by atoms with Crippen molar-refractivity contribution in [2.75, 3.05) is 11.6 Å². The molecule has 2 aromatic carbocycles. The zero-order chi connectivity index (χ0) is 18.9. The van der Waals surface area contributed by atoms with Crippen molar-refractivity contribution in [3.8, 4) is 5.75 Å². The lowest BCUT2D eigenvalue weighted by Gasteiger charge is -2.05. The van der Waals surface area contributed by atoms with E-state index in [2.05, 4.69) is 15.0 Å². The molecule has 0 spiro atoms. The fourth-order valence-corrected chi connectivity index (χ4v) is 3.77. The minimum absolute atomic E-state index is 0.0511. The predicted molar refractivity (Wildman–Crippen MR) is 93.8 cm³/mol. The Balaban J connectivity index is 1.78. The van der Waals surface area contributed by atoms with Crippen LogP contribution in [0, 0.1) is 0 Å². The Hall–Kier alpha value is -2.59. The number of halogens is 2. The topological polar surface area (TPSA) is 85.4 Å². The van der Waals surface area contributed by atoms with E-state index in [0.29, 0.717) is 15.3 Å². The third-order valence-electron chi connectivity index (χ3n) is 3.35. The van der Waals surface area contributed by atoms with Crippen LogP contribution in [0.5, 0.6) is 5.75 Å². The van der Waals surface area contributed by atoms with Crippen LogP contribution in [-0.4, -0.2) is 32.2 Å². The molecule has 0 aliphatic heterocycles. The number of alkyl halides is 2. The summed E-state index contributed by atoms with van der Waals surface area (Å²) >= 11 is 1.13. The largest absolute Gasteiger partial charge is 0.435 e. The number of hydrogen-bond acceptors (Lipinski definition) is 6. The molecule has 0 aliphatic rings. The molecule has 0 fully saturated rings. The molecule has 1 heterocycles. The van der Waals surface area contributed by atoms with Gasteiger partial charge in [0, 0.05) is 11.8 Å². The predicted octanol–water partition coefficient (Wildman–Crippen LogP) is 3.55. The number of amides is 1. The summed E-state index contributed by atoms with van der Waals surface area (Å²) in [6.07, 6.45) is 1.11. The first kappa shape index (κ1) is 18.2. The highest BCUT2D eigenvalue weighted by atomic mass is 32.2. The number of anilines is 1. The molecule has 0 radical (unpaired) electrons. The van der Waals surface area contributed by atoms with Crippen molar-refractivity contribution in [1.29, 1.82) is 0 Å². The fourth-order valence-electron chi connectivity index (χ4n) is 2.15. The van der Waals surface area contributed by atoms with Gasteiger partial charge in [-0.3, -0.25) is 10.1 Å². The quantitative estimate of drug-likeness (QED) is 0.710. The Bertz CT molecular complexity index is 1060. The Morgan fingerprint density at radius 1 is 1.19 bits per heavy atom. The summed E-state index contributed by atoms with van der Waals surface area (Å²) < 4.78 is 52.3. The molecule has 1 amide bonds. The van der Waals surface area contributed by atoms with Gasteiger partial charge in [0.25, 0.3) is 5.91 Å². The second-order valence-corrected chi connectivity index (χ2v) is 8.32. The van der Waals surface area contributed by atoms with E-state index in [1.807, 2.05) is 0 Å². The summed E-state index contributed by atoms with van der Waals surface area (Å²) in [4.78, 5) is 16.6. The SMILES string of the molecule is CS(=O)(=O)c1ccc2nc(NC(=O)c3ccc(OC(F)F)cc3)sc2c1. The minimum Gasteiger partial charge on any atom is -0.435 e. The van der Waals surface area contributed by atoms with E-state index in [4.69, 9.17) is 0 Å². The van der Waals surface area contributed by atoms with E-state index in [1.165, 1.54) is 36.4 Å². The molecule has 0 atom stereocenters. The van der Waals surface area contributed by atoms with Crippen LogP contribution in [0.4, 0.5) is 13.9 Å². The van der Waals surface area contributed by atoms with Crippen molar-refractivity contribution in [2.24, 2.45) is 0 Å². The summed E-state index contributed by atoms with van der Waals surface area (Å²) in [7, 11) is -3.34. The van der Waals surface area contributed by atoms with Gasteiger partial charge in [-0.15, -0.1) is 0 Å². The molecular weight excluding hydrogens is 386 g/mol. The summed E-state index contributed by atoms with van der Waals surface area (Å²) in [6.45, 7) is -2.94. The Morgan fingerprint density at radius 2 is 1.88 bits per heavy atom. The summed E-state index contributed by atoms with van der Waals surface area (Å²) in [5.74, 6) is -0.527. The summed E-state index contributed by atoms with van der Waals surface area (Å²) in [6, 6.07) is 9.73. The molecule has 0 unspecified atom stereocenters. The van der Waals surface area contributed by atoms with E-state index >= 15 is 0 Å². The van der Waals surface area contributed by atoms with Crippen LogP contribution in [0.15, 0.2) is 47.4 Å². The molecule has 0 saturated heterocycles. The molecular formula is C16H12F2N2O4S2. The molecule has 1 aromatic heterocycles. The maximum Gasteiger partial charge on any atom is 0.387 e. The van der Waals surface area contributed by atoms with Crippen LogP contribution in [0.3, 0.4) is 0 Å². The number of carbonyl (C=O) groups excluding carboxylic acids is 1. The molecule has 0 saturated carbocycles. The normalized spacial score (nSPS) is 11.7. The first-order valence-electron chi connectivity index (χ1n) is 7.19. The minimum atomic E-state index is -3.34. The third-order valence-corrected chi connectivity index (χ3v) is 5.39. The van der Waals surface area contributed by atoms with Crippen LogP contribution in [0.25, 0.3) is 10.2 Å². The number of nitrogens with one attached hydrogen (secondary N) is 1. The molecule has 1 N–H and O–H groups in total. The smallest absolute Gasteiger partial charge is 0.387 e. The van der Waals surface area contributed by atoms with Gasteiger partial charge in [-0.2, -0.15) is 8.78 Å². The molecule has 0 bridgehead atoms. The fraction of sp³-hybridized carbons (Fsp3) is 0.125. The van der Waals surface area contributed by atoms with Crippen molar-refractivity contribution in [3.05, 3.63) is 48.0 Å². The van der Waals surface area contributed by atoms with Crippen LogP contribution in [0.2, 0.25) is 0 Å². The maximum absolute atomic E-state index is 12.2. The molecule has 6 nitrogen and oxygen atoms in total. The van der Waals surface area contributed by atoms with Gasteiger partial charge in [0.2, 0.25) is 0 Å². The highest BCUT2D eigenvalue weighted by Gasteiger charge is 2.13. The van der Waals surface area contributed by atoms with Gasteiger partial charge < -0.3 is 4.74 Å². The summed E-state index contributed by atoms with van der Waals surface area (Å²) in [5, 5.41) is 2.89. The standard InChI is InChI=1S/C16H12F2N2O4S2/c1-26(22,23)11-6-7-12-13(8-11)25-16(19-12)20-14(21)9-2-4-10(5-3-9)24-15(17)18/h2-8,15H,1H3,(H,19,20,21). The Morgan fingerprint density at radius 3 is 2.50 bits per heavy atom. The van der Waals surface area contributed by atoms with Gasteiger partial charge in [0.1, 0.15) is 5.75 Å². The maximum atomic E-state index is 12.2. The van der Waals surface area contributed by atoms with Gasteiger partial charge >= 0.3 is 6.61 Å². The van der Waals surface area contributed by atoms with Crippen molar-refractivity contribution in [3.63, 3.8) is 0 Å². The molecule has 10 heteroatoms. The Labute approximate surface area is 151 Å². The van der Waals surface area contributed by atoms with E-state index < -0.39 is 22.4 Å². The monoisotopic (exact) mass is 398 g/mol. The van der Waals surface area contributed by atoms with Crippen molar-refractivity contribution >= 4 is 42.4 Å². The van der Waals surface area contributed by atoms with Gasteiger partial charge in [0.05, 0.1) is 15.1 Å². The zero-order valence-corrected chi connectivity index (χ0v) is 14.9. The van der Waals surface area contributed by atoms with E-state index in [9.17, 15) is 22.0 Å². The lowest BCUT2D eigenvalue weighted by atomic mass is 10.2. The molecule has 3 aromatic rings. The van der Waals surface area contributed by atoms with Crippen molar-refractivity contribution in [2.45, 2.75) is 11.5 Å². The van der Waals surface area contributed by atoms with Crippen LogP contribution in [-0.2, 0) is 9.84 Å². The number of nitrogens with zero attached hydrogens (tertiary/aromatic N) is 1. The third kappa shape index (κ3) is 4.14. The number of carbonyl (C=O) groups is 1. The number of aromatic nitrogens is 1. The van der Waals surface area contributed by atoms with Crippen molar-refractivity contribution < 1.29 is 26.7 Å². The van der Waals surface area contributed by atoms with E-state index in [1.54, 1.807) is 6.07 Å². The molecule has 26 heavy (non-hydrogen) atoms. The average Bonchev–Trinajstić information content (AvgIpc) is 2.95. The molecule has 0 aliphatic carbocycles. The van der Waals surface area contributed by atoms with Crippen LogP contribution >= 0.6 is 11.3 Å². The second kappa shape index (κ2) is 6.96. The number of fused-ring (bicyclic) bond motifs is 1. The van der Waals surface area contributed by atoms with Crippen LogP contribution in [0.1, 0.15) is 10.4 Å². The summed E-state index contributed by atoms with van der Waals surface area (Å²) in [5.41, 5.74) is 0.793. The second-order valence-electron chi connectivity index (χ2n) is 5.28.